The first-order valence-corrected chi connectivity index (χ1v) is 6.47. The third-order valence-corrected chi connectivity index (χ3v) is 3.62. The van der Waals surface area contributed by atoms with E-state index in [1.54, 1.807) is 25.9 Å². The monoisotopic (exact) mass is 270 g/mol. The van der Waals surface area contributed by atoms with Crippen LogP contribution in [0.3, 0.4) is 0 Å². The maximum atomic E-state index is 11.9. The molecular formula is C13H22N2O4. The highest BCUT2D eigenvalue weighted by molar-refractivity contribution is 5.81. The zero-order chi connectivity index (χ0) is 14.6. The second kappa shape index (κ2) is 6.04. The molecule has 1 aliphatic heterocycles. The highest BCUT2D eigenvalue weighted by Gasteiger charge is 2.41. The van der Waals surface area contributed by atoms with E-state index in [2.05, 4.69) is 0 Å². The molecule has 0 radical (unpaired) electrons. The first kappa shape index (κ1) is 15.5. The molecule has 0 bridgehead atoms. The van der Waals surface area contributed by atoms with Gasteiger partial charge in [0.2, 0.25) is 11.8 Å². The number of amides is 2. The van der Waals surface area contributed by atoms with Crippen LogP contribution in [0.2, 0.25) is 0 Å². The Hall–Kier alpha value is -1.59. The van der Waals surface area contributed by atoms with Crippen LogP contribution in [0.4, 0.5) is 0 Å². The number of hydrogen-bond acceptors (Lipinski definition) is 3. The Morgan fingerprint density at radius 1 is 1.26 bits per heavy atom. The van der Waals surface area contributed by atoms with Crippen LogP contribution in [0, 0.1) is 5.41 Å². The van der Waals surface area contributed by atoms with Gasteiger partial charge in [-0.05, 0) is 19.8 Å². The molecule has 1 saturated heterocycles. The van der Waals surface area contributed by atoms with Gasteiger partial charge in [-0.15, -0.1) is 0 Å². The average Bonchev–Trinajstić information content (AvgIpc) is 2.73. The molecule has 0 saturated carbocycles. The zero-order valence-electron chi connectivity index (χ0n) is 11.8. The first-order valence-electron chi connectivity index (χ1n) is 6.47. The van der Waals surface area contributed by atoms with Crippen molar-refractivity contribution in [3.05, 3.63) is 0 Å². The van der Waals surface area contributed by atoms with Gasteiger partial charge in [0.15, 0.2) is 0 Å². The molecule has 6 nitrogen and oxygen atoms in total. The van der Waals surface area contributed by atoms with Crippen molar-refractivity contribution >= 4 is 17.8 Å². The Bertz CT molecular complexity index is 381. The summed E-state index contributed by atoms with van der Waals surface area (Å²) in [6.07, 6.45) is 1.65. The van der Waals surface area contributed by atoms with Gasteiger partial charge in [0.25, 0.3) is 0 Å². The molecule has 6 heteroatoms. The lowest BCUT2D eigenvalue weighted by atomic mass is 9.90. The number of rotatable bonds is 5. The minimum absolute atomic E-state index is 0.00426. The van der Waals surface area contributed by atoms with Crippen LogP contribution in [-0.2, 0) is 14.4 Å². The average molecular weight is 270 g/mol. The Kier molecular flexibility index (Phi) is 4.91. The van der Waals surface area contributed by atoms with E-state index in [9.17, 15) is 14.4 Å². The van der Waals surface area contributed by atoms with Crippen molar-refractivity contribution in [1.82, 2.24) is 9.80 Å². The topological polar surface area (TPSA) is 77.9 Å². The van der Waals surface area contributed by atoms with Gasteiger partial charge in [-0.25, -0.2) is 0 Å². The van der Waals surface area contributed by atoms with Gasteiger partial charge in [-0.3, -0.25) is 14.4 Å². The van der Waals surface area contributed by atoms with Gasteiger partial charge >= 0.3 is 5.97 Å². The summed E-state index contributed by atoms with van der Waals surface area (Å²) in [5, 5.41) is 9.09. The molecule has 108 valence electrons. The molecule has 1 atom stereocenters. The number of carbonyl (C=O) groups is 3. The zero-order valence-corrected chi connectivity index (χ0v) is 11.8. The summed E-state index contributed by atoms with van der Waals surface area (Å²) in [6.45, 7) is 2.42. The van der Waals surface area contributed by atoms with E-state index in [1.807, 2.05) is 0 Å². The van der Waals surface area contributed by atoms with E-state index in [1.165, 1.54) is 4.90 Å². The molecule has 2 amide bonds. The Labute approximate surface area is 113 Å². The van der Waals surface area contributed by atoms with Gasteiger partial charge in [0, 0.05) is 40.0 Å². The van der Waals surface area contributed by atoms with Crippen LogP contribution >= 0.6 is 0 Å². The maximum absolute atomic E-state index is 11.9. The van der Waals surface area contributed by atoms with Crippen LogP contribution in [0.1, 0.15) is 32.6 Å². The fourth-order valence-electron chi connectivity index (χ4n) is 2.12. The van der Waals surface area contributed by atoms with Crippen LogP contribution in [0.5, 0.6) is 0 Å². The number of nitrogens with zero attached hydrogens (tertiary/aromatic N) is 2. The summed E-state index contributed by atoms with van der Waals surface area (Å²) < 4.78 is 0. The summed E-state index contributed by atoms with van der Waals surface area (Å²) in [4.78, 5) is 37.5. The summed E-state index contributed by atoms with van der Waals surface area (Å²) in [5.41, 5.74) is -0.824. The lowest BCUT2D eigenvalue weighted by molar-refractivity contribution is -0.147. The summed E-state index contributed by atoms with van der Waals surface area (Å²) in [5.74, 6) is -0.910. The molecular weight excluding hydrogens is 248 g/mol. The minimum Gasteiger partial charge on any atom is -0.481 e. The lowest BCUT2D eigenvalue weighted by Crippen LogP contribution is -2.34. The van der Waals surface area contributed by atoms with Crippen molar-refractivity contribution in [3.63, 3.8) is 0 Å². The number of carbonyl (C=O) groups excluding carboxylic acids is 2. The predicted molar refractivity (Wildman–Crippen MR) is 69.5 cm³/mol. The molecule has 0 spiro atoms. The number of carboxylic acids is 1. The molecule has 1 aliphatic rings. The SMILES string of the molecule is CN(C)C(=O)CCCC(=O)N1CCC(C)(C(=O)O)C1. The molecule has 0 aromatic heterocycles. The number of likely N-dealkylation sites (tertiary alicyclic amines) is 1. The summed E-state index contributed by atoms with van der Waals surface area (Å²) in [6, 6.07) is 0. The van der Waals surface area contributed by atoms with Crippen LogP contribution in [0.15, 0.2) is 0 Å². The molecule has 19 heavy (non-hydrogen) atoms. The Morgan fingerprint density at radius 3 is 2.37 bits per heavy atom. The molecule has 0 aliphatic carbocycles. The third kappa shape index (κ3) is 3.94. The quantitative estimate of drug-likeness (QED) is 0.792. The Balaban J connectivity index is 2.36. The number of hydrogen-bond donors (Lipinski definition) is 1. The van der Waals surface area contributed by atoms with E-state index in [0.717, 1.165) is 0 Å². The van der Waals surface area contributed by atoms with E-state index in [4.69, 9.17) is 5.11 Å². The van der Waals surface area contributed by atoms with Gasteiger partial charge in [-0.2, -0.15) is 0 Å². The van der Waals surface area contributed by atoms with Crippen molar-refractivity contribution in [2.75, 3.05) is 27.2 Å². The van der Waals surface area contributed by atoms with Gasteiger partial charge in [0.1, 0.15) is 0 Å². The van der Waals surface area contributed by atoms with Gasteiger partial charge in [-0.1, -0.05) is 0 Å². The van der Waals surface area contributed by atoms with Gasteiger partial charge < -0.3 is 14.9 Å². The van der Waals surface area contributed by atoms with Crippen molar-refractivity contribution in [1.29, 1.82) is 0 Å². The van der Waals surface area contributed by atoms with E-state index in [0.29, 0.717) is 32.2 Å². The number of carboxylic acid groups (broad SMARTS) is 1. The summed E-state index contributed by atoms with van der Waals surface area (Å²) >= 11 is 0. The minimum atomic E-state index is -0.856. The molecule has 1 N–H and O–H groups in total. The van der Waals surface area contributed by atoms with Crippen LogP contribution in [0.25, 0.3) is 0 Å². The highest BCUT2D eigenvalue weighted by atomic mass is 16.4. The molecule has 0 aromatic carbocycles. The lowest BCUT2D eigenvalue weighted by Gasteiger charge is -2.20. The number of aliphatic carboxylic acids is 1. The van der Waals surface area contributed by atoms with Crippen molar-refractivity contribution in [2.45, 2.75) is 32.6 Å². The van der Waals surface area contributed by atoms with Crippen LogP contribution in [-0.4, -0.2) is 59.9 Å². The smallest absolute Gasteiger partial charge is 0.311 e. The molecule has 1 unspecified atom stereocenters. The fourth-order valence-corrected chi connectivity index (χ4v) is 2.12. The summed E-state index contributed by atoms with van der Waals surface area (Å²) in [7, 11) is 3.37. The first-order chi connectivity index (χ1) is 8.76. The van der Waals surface area contributed by atoms with Crippen molar-refractivity contribution in [2.24, 2.45) is 5.41 Å². The molecule has 1 heterocycles. The van der Waals surface area contributed by atoms with Gasteiger partial charge in [0.05, 0.1) is 5.41 Å². The third-order valence-electron chi connectivity index (χ3n) is 3.62. The fraction of sp³-hybridized carbons (Fsp3) is 0.769. The largest absolute Gasteiger partial charge is 0.481 e. The molecule has 0 aromatic rings. The van der Waals surface area contributed by atoms with E-state index in [-0.39, 0.29) is 18.4 Å². The van der Waals surface area contributed by atoms with Crippen molar-refractivity contribution < 1.29 is 19.5 Å². The van der Waals surface area contributed by atoms with Crippen LogP contribution < -0.4 is 0 Å². The second-order valence-electron chi connectivity index (χ2n) is 5.57. The second-order valence-corrected chi connectivity index (χ2v) is 5.57. The highest BCUT2D eigenvalue weighted by Crippen LogP contribution is 2.30. The predicted octanol–water partition coefficient (Wildman–Crippen LogP) is 0.568. The van der Waals surface area contributed by atoms with E-state index >= 15 is 0 Å². The standard InChI is InChI=1S/C13H22N2O4/c1-13(12(18)19)7-8-15(9-13)11(17)6-4-5-10(16)14(2)3/h4-9H2,1-3H3,(H,18,19). The van der Waals surface area contributed by atoms with Crippen molar-refractivity contribution in [3.8, 4) is 0 Å². The molecule has 1 rings (SSSR count). The maximum Gasteiger partial charge on any atom is 0.311 e. The normalized spacial score (nSPS) is 22.4. The Morgan fingerprint density at radius 2 is 1.89 bits per heavy atom. The van der Waals surface area contributed by atoms with E-state index < -0.39 is 11.4 Å². The molecule has 1 fully saturated rings.